The lowest BCUT2D eigenvalue weighted by Gasteiger charge is -2.42. The van der Waals surface area contributed by atoms with E-state index in [-0.39, 0.29) is 5.41 Å². The van der Waals surface area contributed by atoms with Gasteiger partial charge in [-0.05, 0) is 71.1 Å². The third kappa shape index (κ3) is 3.29. The van der Waals surface area contributed by atoms with Crippen molar-refractivity contribution >= 4 is 66.2 Å². The zero-order chi connectivity index (χ0) is 30.6. The summed E-state index contributed by atoms with van der Waals surface area (Å²) in [7, 11) is 0. The predicted octanol–water partition coefficient (Wildman–Crippen LogP) is 10.2. The third-order valence-corrected chi connectivity index (χ3v) is 10.00. The van der Waals surface area contributed by atoms with Crippen molar-refractivity contribution < 1.29 is 0 Å². The van der Waals surface area contributed by atoms with E-state index in [9.17, 15) is 0 Å². The summed E-state index contributed by atoms with van der Waals surface area (Å²) in [6, 6.07) is 43.9. The van der Waals surface area contributed by atoms with Crippen molar-refractivity contribution in [1.29, 1.82) is 0 Å². The highest BCUT2D eigenvalue weighted by atomic mass is 15.2. The van der Waals surface area contributed by atoms with Crippen molar-refractivity contribution in [2.24, 2.45) is 0 Å². The molecule has 1 aliphatic rings. The first-order valence-electron chi connectivity index (χ1n) is 15.8. The first-order chi connectivity index (χ1) is 22.6. The molecule has 0 spiro atoms. The van der Waals surface area contributed by atoms with E-state index in [1.165, 1.54) is 49.6 Å². The minimum Gasteiger partial charge on any atom is -0.310 e. The zero-order valence-electron chi connectivity index (χ0n) is 25.5. The monoisotopic (exact) mass is 591 g/mol. The molecule has 0 unspecified atom stereocenters. The Labute approximate surface area is 265 Å². The van der Waals surface area contributed by atoms with Gasteiger partial charge in [0, 0.05) is 51.2 Å². The molecule has 5 aromatic carbocycles. The SMILES string of the molecule is CC1(C)c2ccccc2N(c2ccc3c4ccccc4n(-c4ccccn4)c3c2)c2cc3c(cc21)c1ccccc1n1ccnc31. The van der Waals surface area contributed by atoms with Crippen LogP contribution in [-0.2, 0) is 5.41 Å². The molecule has 10 rings (SSSR count). The molecule has 0 atom stereocenters. The van der Waals surface area contributed by atoms with Gasteiger partial charge in [-0.3, -0.25) is 8.97 Å². The van der Waals surface area contributed by atoms with Crippen LogP contribution in [0.1, 0.15) is 25.0 Å². The standard InChI is InChI=1S/C41H29N5/c1-41(2)32-13-5-8-16-36(32)45(38-25-31-30(24-33(38)41)28-12-3-6-14-34(28)44-22-21-43-40(31)44)26-18-19-29-27-11-4-7-15-35(27)46(37(29)23-26)39-17-9-10-20-42-39/h3-25H,1-2H3. The molecule has 46 heavy (non-hydrogen) atoms. The van der Waals surface area contributed by atoms with E-state index in [1.807, 2.05) is 18.5 Å². The maximum absolute atomic E-state index is 4.87. The van der Waals surface area contributed by atoms with E-state index >= 15 is 0 Å². The summed E-state index contributed by atoms with van der Waals surface area (Å²) in [6.07, 6.45) is 5.84. The molecule has 1 aliphatic heterocycles. The van der Waals surface area contributed by atoms with Gasteiger partial charge in [-0.2, -0.15) is 0 Å². The predicted molar refractivity (Wildman–Crippen MR) is 189 cm³/mol. The highest BCUT2D eigenvalue weighted by molar-refractivity contribution is 6.14. The lowest BCUT2D eigenvalue weighted by molar-refractivity contribution is 0.633. The van der Waals surface area contributed by atoms with Crippen molar-refractivity contribution in [3.63, 3.8) is 0 Å². The number of rotatable bonds is 2. The lowest BCUT2D eigenvalue weighted by Crippen LogP contribution is -2.30. The normalized spacial score (nSPS) is 14.0. The van der Waals surface area contributed by atoms with Crippen molar-refractivity contribution in [2.75, 3.05) is 4.90 Å². The van der Waals surface area contributed by atoms with Gasteiger partial charge in [-0.1, -0.05) is 80.6 Å². The fourth-order valence-electron chi connectivity index (χ4n) is 7.87. The van der Waals surface area contributed by atoms with E-state index in [2.05, 4.69) is 149 Å². The molecule has 9 aromatic rings. The van der Waals surface area contributed by atoms with Crippen LogP contribution in [-0.4, -0.2) is 18.9 Å². The Morgan fingerprint density at radius 1 is 0.522 bits per heavy atom. The second-order valence-electron chi connectivity index (χ2n) is 12.8. The maximum atomic E-state index is 4.87. The Morgan fingerprint density at radius 2 is 1.26 bits per heavy atom. The van der Waals surface area contributed by atoms with Crippen molar-refractivity contribution in [1.82, 2.24) is 18.9 Å². The Balaban J connectivity index is 1.32. The first kappa shape index (κ1) is 25.4. The third-order valence-electron chi connectivity index (χ3n) is 10.00. The fourth-order valence-corrected chi connectivity index (χ4v) is 7.87. The van der Waals surface area contributed by atoms with E-state index < -0.39 is 0 Å². The van der Waals surface area contributed by atoms with Crippen LogP contribution in [0.25, 0.3) is 54.9 Å². The van der Waals surface area contributed by atoms with Crippen molar-refractivity contribution in [2.45, 2.75) is 19.3 Å². The topological polar surface area (TPSA) is 38.4 Å². The molecule has 5 nitrogen and oxygen atoms in total. The first-order valence-corrected chi connectivity index (χ1v) is 15.8. The number of pyridine rings is 2. The summed E-state index contributed by atoms with van der Waals surface area (Å²) in [5.74, 6) is 0.908. The van der Waals surface area contributed by atoms with Gasteiger partial charge < -0.3 is 4.90 Å². The highest BCUT2D eigenvalue weighted by Gasteiger charge is 2.37. The summed E-state index contributed by atoms with van der Waals surface area (Å²) >= 11 is 0. The minimum atomic E-state index is -0.216. The molecule has 0 saturated carbocycles. The summed E-state index contributed by atoms with van der Waals surface area (Å²) in [4.78, 5) is 12.1. The van der Waals surface area contributed by atoms with Crippen LogP contribution in [0, 0.1) is 0 Å². The smallest absolute Gasteiger partial charge is 0.145 e. The van der Waals surface area contributed by atoms with Crippen LogP contribution in [0.15, 0.2) is 140 Å². The molecule has 5 heterocycles. The van der Waals surface area contributed by atoms with Crippen LogP contribution in [0.4, 0.5) is 17.1 Å². The van der Waals surface area contributed by atoms with Gasteiger partial charge in [0.05, 0.1) is 27.9 Å². The van der Waals surface area contributed by atoms with Gasteiger partial charge in [0.25, 0.3) is 0 Å². The van der Waals surface area contributed by atoms with Gasteiger partial charge >= 0.3 is 0 Å². The van der Waals surface area contributed by atoms with E-state index in [0.29, 0.717) is 0 Å². The Bertz CT molecular complexity index is 2680. The van der Waals surface area contributed by atoms with Crippen molar-refractivity contribution in [3.05, 3.63) is 151 Å². The van der Waals surface area contributed by atoms with Crippen LogP contribution in [0.3, 0.4) is 0 Å². The number of aromatic nitrogens is 4. The van der Waals surface area contributed by atoms with Crippen LogP contribution >= 0.6 is 0 Å². The Kier molecular flexibility index (Phi) is 5.00. The number of nitrogens with zero attached hydrogens (tertiary/aromatic N) is 5. The van der Waals surface area contributed by atoms with E-state index in [1.54, 1.807) is 0 Å². The Hall–Kier alpha value is -5.94. The molecule has 0 aliphatic carbocycles. The number of para-hydroxylation sites is 3. The van der Waals surface area contributed by atoms with Crippen LogP contribution in [0.2, 0.25) is 0 Å². The van der Waals surface area contributed by atoms with Gasteiger partial charge in [0.1, 0.15) is 11.5 Å². The average Bonchev–Trinajstić information content (AvgIpc) is 3.72. The summed E-state index contributed by atoms with van der Waals surface area (Å²) in [5.41, 5.74) is 10.3. The molecular weight excluding hydrogens is 562 g/mol. The van der Waals surface area contributed by atoms with Gasteiger partial charge in [-0.25, -0.2) is 9.97 Å². The molecule has 5 heteroatoms. The molecule has 0 N–H and O–H groups in total. The molecule has 0 radical (unpaired) electrons. The maximum Gasteiger partial charge on any atom is 0.145 e. The molecule has 4 aromatic heterocycles. The van der Waals surface area contributed by atoms with Crippen LogP contribution in [0.5, 0.6) is 0 Å². The molecule has 0 bridgehead atoms. The number of hydrogen-bond donors (Lipinski definition) is 0. The number of imidazole rings is 1. The molecular formula is C41H29N5. The fraction of sp³-hybridized carbons (Fsp3) is 0.0732. The quantitative estimate of drug-likeness (QED) is 0.188. The highest BCUT2D eigenvalue weighted by Crippen LogP contribution is 2.54. The number of anilines is 3. The molecule has 218 valence electrons. The minimum absolute atomic E-state index is 0.216. The largest absolute Gasteiger partial charge is 0.310 e. The van der Waals surface area contributed by atoms with Gasteiger partial charge in [0.15, 0.2) is 0 Å². The number of benzene rings is 5. The average molecular weight is 592 g/mol. The summed E-state index contributed by atoms with van der Waals surface area (Å²) in [5, 5.41) is 6.03. The lowest BCUT2D eigenvalue weighted by atomic mass is 9.73. The second kappa shape index (κ2) is 9.05. The summed E-state index contributed by atoms with van der Waals surface area (Å²) in [6.45, 7) is 4.71. The summed E-state index contributed by atoms with van der Waals surface area (Å²) < 4.78 is 4.50. The Morgan fingerprint density at radius 3 is 2.11 bits per heavy atom. The molecule has 0 saturated heterocycles. The van der Waals surface area contributed by atoms with Gasteiger partial charge in [0.2, 0.25) is 0 Å². The van der Waals surface area contributed by atoms with E-state index in [0.717, 1.165) is 33.6 Å². The van der Waals surface area contributed by atoms with E-state index in [4.69, 9.17) is 9.97 Å². The molecule has 0 amide bonds. The van der Waals surface area contributed by atoms with Gasteiger partial charge in [-0.15, -0.1) is 0 Å². The number of fused-ring (bicyclic) bond motifs is 11. The molecule has 0 fully saturated rings. The number of hydrogen-bond acceptors (Lipinski definition) is 3. The zero-order valence-corrected chi connectivity index (χ0v) is 25.5. The van der Waals surface area contributed by atoms with Crippen molar-refractivity contribution in [3.8, 4) is 5.82 Å². The second-order valence-corrected chi connectivity index (χ2v) is 12.8. The van der Waals surface area contributed by atoms with Crippen LogP contribution < -0.4 is 4.90 Å².